The van der Waals surface area contributed by atoms with Crippen LogP contribution >= 0.6 is 11.6 Å². The number of rotatable bonds is 3. The Kier molecular flexibility index (Phi) is 5.91. The Balaban J connectivity index is 2.29. The molecule has 1 fully saturated rings. The van der Waals surface area contributed by atoms with Crippen LogP contribution in [0.4, 0.5) is 4.79 Å². The summed E-state index contributed by atoms with van der Waals surface area (Å²) in [5, 5.41) is 2.78. The maximum Gasteiger partial charge on any atom is 0.410 e. The summed E-state index contributed by atoms with van der Waals surface area (Å²) in [5.74, 6) is 0.263. The maximum absolute atomic E-state index is 11.8. The number of hydrogen-bond donors (Lipinski definition) is 1. The molecule has 6 heteroatoms. The molecular formula is C13H23ClN2O3. The van der Waals surface area contributed by atoms with Crippen LogP contribution in [-0.4, -0.2) is 48.0 Å². The lowest BCUT2D eigenvalue weighted by Gasteiger charge is -2.33. The molecule has 0 saturated carbocycles. The van der Waals surface area contributed by atoms with Gasteiger partial charge < -0.3 is 15.0 Å². The predicted molar refractivity (Wildman–Crippen MR) is 74.3 cm³/mol. The van der Waals surface area contributed by atoms with Gasteiger partial charge in [0.1, 0.15) is 11.5 Å². The van der Waals surface area contributed by atoms with E-state index in [1.807, 2.05) is 20.8 Å². The van der Waals surface area contributed by atoms with Crippen molar-refractivity contribution in [2.75, 3.05) is 25.5 Å². The number of carbonyl (C=O) groups is 2. The van der Waals surface area contributed by atoms with Crippen molar-refractivity contribution in [3.05, 3.63) is 0 Å². The Labute approximate surface area is 119 Å². The second-order valence-corrected chi connectivity index (χ2v) is 6.12. The second-order valence-electron chi connectivity index (χ2n) is 5.85. The van der Waals surface area contributed by atoms with Crippen LogP contribution in [0.5, 0.6) is 0 Å². The number of carbonyl (C=O) groups excluding carboxylic acids is 2. The van der Waals surface area contributed by atoms with Crippen LogP contribution in [0.1, 0.15) is 33.6 Å². The van der Waals surface area contributed by atoms with E-state index in [1.54, 1.807) is 4.90 Å². The molecule has 0 bridgehead atoms. The Bertz CT molecular complexity index is 320. The van der Waals surface area contributed by atoms with Crippen LogP contribution in [0, 0.1) is 5.92 Å². The number of ether oxygens (including phenoxy) is 1. The average molecular weight is 291 g/mol. The molecule has 0 aromatic carbocycles. The van der Waals surface area contributed by atoms with Crippen molar-refractivity contribution >= 4 is 23.6 Å². The van der Waals surface area contributed by atoms with Crippen molar-refractivity contribution < 1.29 is 14.3 Å². The van der Waals surface area contributed by atoms with E-state index in [-0.39, 0.29) is 17.9 Å². The molecule has 1 rings (SSSR count). The lowest BCUT2D eigenvalue weighted by Crippen LogP contribution is -2.43. The standard InChI is InChI=1S/C13H23ClN2O3/c1-13(2,3)19-12(18)16-6-4-10(5-7-16)9-15-11(17)8-14/h10H,4-9H2,1-3H3,(H,15,17). The summed E-state index contributed by atoms with van der Waals surface area (Å²) in [6.45, 7) is 7.57. The molecule has 0 atom stereocenters. The molecule has 1 N–H and O–H groups in total. The highest BCUT2D eigenvalue weighted by atomic mass is 35.5. The number of alkyl halides is 1. The molecule has 0 aromatic heterocycles. The number of likely N-dealkylation sites (tertiary alicyclic amines) is 1. The van der Waals surface area contributed by atoms with Gasteiger partial charge in [-0.05, 0) is 39.5 Å². The van der Waals surface area contributed by atoms with Crippen molar-refractivity contribution in [2.45, 2.75) is 39.2 Å². The third kappa shape index (κ3) is 6.14. The van der Waals surface area contributed by atoms with Crippen LogP contribution in [0.2, 0.25) is 0 Å². The minimum Gasteiger partial charge on any atom is -0.444 e. The highest BCUT2D eigenvalue weighted by Crippen LogP contribution is 2.19. The summed E-state index contributed by atoms with van der Waals surface area (Å²) in [5.41, 5.74) is -0.456. The molecule has 5 nitrogen and oxygen atoms in total. The predicted octanol–water partition coefficient (Wildman–Crippen LogP) is 1.99. The fourth-order valence-corrected chi connectivity index (χ4v) is 2.05. The summed E-state index contributed by atoms with van der Waals surface area (Å²) in [4.78, 5) is 24.6. The van der Waals surface area contributed by atoms with Gasteiger partial charge >= 0.3 is 6.09 Å². The van der Waals surface area contributed by atoms with E-state index in [1.165, 1.54) is 0 Å². The fourth-order valence-electron chi connectivity index (χ4n) is 1.95. The number of nitrogens with zero attached hydrogens (tertiary/aromatic N) is 1. The number of halogens is 1. The van der Waals surface area contributed by atoms with Crippen LogP contribution in [0.25, 0.3) is 0 Å². The number of amides is 2. The molecule has 19 heavy (non-hydrogen) atoms. The Morgan fingerprint density at radius 1 is 1.32 bits per heavy atom. The zero-order valence-electron chi connectivity index (χ0n) is 11.9. The quantitative estimate of drug-likeness (QED) is 0.809. The highest BCUT2D eigenvalue weighted by Gasteiger charge is 2.26. The molecule has 1 saturated heterocycles. The van der Waals surface area contributed by atoms with E-state index < -0.39 is 5.60 Å². The molecule has 0 spiro atoms. The molecular weight excluding hydrogens is 268 g/mol. The second kappa shape index (κ2) is 6.98. The van der Waals surface area contributed by atoms with Gasteiger partial charge in [0.25, 0.3) is 0 Å². The van der Waals surface area contributed by atoms with Crippen molar-refractivity contribution in [2.24, 2.45) is 5.92 Å². The van der Waals surface area contributed by atoms with E-state index in [9.17, 15) is 9.59 Å². The van der Waals surface area contributed by atoms with Crippen molar-refractivity contribution in [3.63, 3.8) is 0 Å². The molecule has 0 radical (unpaired) electrons. The molecule has 110 valence electrons. The monoisotopic (exact) mass is 290 g/mol. The minimum absolute atomic E-state index is 0.00322. The lowest BCUT2D eigenvalue weighted by atomic mass is 9.97. The topological polar surface area (TPSA) is 58.6 Å². The van der Waals surface area contributed by atoms with Gasteiger partial charge in [0.2, 0.25) is 5.91 Å². The first-order valence-corrected chi connectivity index (χ1v) is 7.16. The molecule has 0 aliphatic carbocycles. The molecule has 0 aromatic rings. The first kappa shape index (κ1) is 16.1. The third-order valence-electron chi connectivity index (χ3n) is 2.98. The fraction of sp³-hybridized carbons (Fsp3) is 0.846. The number of hydrogen-bond acceptors (Lipinski definition) is 3. The lowest BCUT2D eigenvalue weighted by molar-refractivity contribution is -0.118. The number of piperidine rings is 1. The zero-order valence-corrected chi connectivity index (χ0v) is 12.6. The normalized spacial score (nSPS) is 17.2. The Hall–Kier alpha value is -0.970. The third-order valence-corrected chi connectivity index (χ3v) is 3.22. The maximum atomic E-state index is 11.8. The Morgan fingerprint density at radius 2 is 1.89 bits per heavy atom. The summed E-state index contributed by atoms with van der Waals surface area (Å²) in [7, 11) is 0. The summed E-state index contributed by atoms with van der Waals surface area (Å²) >= 11 is 5.41. The van der Waals surface area contributed by atoms with Crippen molar-refractivity contribution in [3.8, 4) is 0 Å². The molecule has 2 amide bonds. The van der Waals surface area contributed by atoms with Gasteiger partial charge in [0.15, 0.2) is 0 Å². The van der Waals surface area contributed by atoms with Gasteiger partial charge in [-0.1, -0.05) is 0 Å². The Morgan fingerprint density at radius 3 is 2.37 bits per heavy atom. The summed E-state index contributed by atoms with van der Waals surface area (Å²) < 4.78 is 5.33. The van der Waals surface area contributed by atoms with E-state index >= 15 is 0 Å². The van der Waals surface area contributed by atoms with Gasteiger partial charge in [-0.15, -0.1) is 11.6 Å². The van der Waals surface area contributed by atoms with Gasteiger partial charge in [-0.3, -0.25) is 4.79 Å². The minimum atomic E-state index is -0.456. The van der Waals surface area contributed by atoms with Crippen molar-refractivity contribution in [1.29, 1.82) is 0 Å². The van der Waals surface area contributed by atoms with Gasteiger partial charge in [0, 0.05) is 19.6 Å². The van der Waals surface area contributed by atoms with Gasteiger partial charge in [0.05, 0.1) is 0 Å². The van der Waals surface area contributed by atoms with Crippen LogP contribution in [0.15, 0.2) is 0 Å². The van der Waals surface area contributed by atoms with E-state index in [4.69, 9.17) is 16.3 Å². The smallest absolute Gasteiger partial charge is 0.410 e. The number of nitrogens with one attached hydrogen (secondary N) is 1. The molecule has 1 aliphatic heterocycles. The van der Waals surface area contributed by atoms with E-state index in [0.717, 1.165) is 12.8 Å². The average Bonchev–Trinajstić information content (AvgIpc) is 2.34. The summed E-state index contributed by atoms with van der Waals surface area (Å²) in [6, 6.07) is 0. The zero-order chi connectivity index (χ0) is 14.5. The molecule has 1 heterocycles. The SMILES string of the molecule is CC(C)(C)OC(=O)N1CCC(CNC(=O)CCl)CC1. The van der Waals surface area contributed by atoms with E-state index in [2.05, 4.69) is 5.32 Å². The largest absolute Gasteiger partial charge is 0.444 e. The van der Waals surface area contributed by atoms with Crippen LogP contribution in [-0.2, 0) is 9.53 Å². The first-order chi connectivity index (χ1) is 8.81. The first-order valence-electron chi connectivity index (χ1n) is 6.62. The van der Waals surface area contributed by atoms with Crippen molar-refractivity contribution in [1.82, 2.24) is 10.2 Å². The van der Waals surface area contributed by atoms with Crippen LogP contribution in [0.3, 0.4) is 0 Å². The summed E-state index contributed by atoms with van der Waals surface area (Å²) in [6.07, 6.45) is 1.50. The highest BCUT2D eigenvalue weighted by molar-refractivity contribution is 6.27. The molecule has 0 unspecified atom stereocenters. The molecule has 1 aliphatic rings. The van der Waals surface area contributed by atoms with Gasteiger partial charge in [-0.25, -0.2) is 4.79 Å². The van der Waals surface area contributed by atoms with E-state index in [0.29, 0.717) is 25.6 Å². The van der Waals surface area contributed by atoms with Gasteiger partial charge in [-0.2, -0.15) is 0 Å². The van der Waals surface area contributed by atoms with Crippen LogP contribution < -0.4 is 5.32 Å².